The number of aromatic nitrogens is 1. The third kappa shape index (κ3) is 3.40. The predicted molar refractivity (Wildman–Crippen MR) is 89.4 cm³/mol. The van der Waals surface area contributed by atoms with Gasteiger partial charge in [0.1, 0.15) is 0 Å². The second-order valence-electron chi connectivity index (χ2n) is 7.31. The number of amides is 1. The fourth-order valence-electron chi connectivity index (χ4n) is 4.00. The normalized spacial score (nSPS) is 23.7. The van der Waals surface area contributed by atoms with Crippen LogP contribution in [0.25, 0.3) is 0 Å². The Kier molecular flexibility index (Phi) is 4.69. The van der Waals surface area contributed by atoms with Gasteiger partial charge in [0.25, 0.3) is 5.91 Å². The molecule has 1 spiro atoms. The molecule has 0 radical (unpaired) electrons. The maximum atomic E-state index is 12.9. The summed E-state index contributed by atoms with van der Waals surface area (Å²) in [6.45, 7) is 6.28. The zero-order valence-electron chi connectivity index (χ0n) is 14.4. The van der Waals surface area contributed by atoms with Crippen molar-refractivity contribution in [2.45, 2.75) is 19.8 Å². The Bertz CT molecular complexity index is 550. The van der Waals surface area contributed by atoms with Gasteiger partial charge in [-0.1, -0.05) is 0 Å². The molecule has 126 valence electrons. The molecular formula is C18H27N3O2. The number of likely N-dealkylation sites (tertiary alicyclic amines) is 1. The molecule has 2 saturated heterocycles. The second-order valence-corrected chi connectivity index (χ2v) is 7.31. The minimum Gasteiger partial charge on any atom is -0.381 e. The number of carbonyl (C=O) groups excluding carboxylic acids is 1. The van der Waals surface area contributed by atoms with E-state index < -0.39 is 0 Å². The summed E-state index contributed by atoms with van der Waals surface area (Å²) in [6, 6.07) is 3.80. The van der Waals surface area contributed by atoms with Gasteiger partial charge in [0.15, 0.2) is 0 Å². The van der Waals surface area contributed by atoms with Crippen LogP contribution in [0.2, 0.25) is 0 Å². The molecule has 1 aromatic heterocycles. The highest BCUT2D eigenvalue weighted by Gasteiger charge is 2.48. The van der Waals surface area contributed by atoms with Crippen LogP contribution in [0.4, 0.5) is 0 Å². The Hall–Kier alpha value is -1.46. The lowest BCUT2D eigenvalue weighted by atomic mass is 9.72. The number of aryl methyl sites for hydroxylation is 1. The van der Waals surface area contributed by atoms with Crippen molar-refractivity contribution in [1.29, 1.82) is 0 Å². The van der Waals surface area contributed by atoms with Crippen molar-refractivity contribution >= 4 is 5.91 Å². The second kappa shape index (κ2) is 6.57. The van der Waals surface area contributed by atoms with Crippen LogP contribution in [0.3, 0.4) is 0 Å². The van der Waals surface area contributed by atoms with Gasteiger partial charge in [-0.25, -0.2) is 0 Å². The predicted octanol–water partition coefficient (Wildman–Crippen LogP) is 1.82. The summed E-state index contributed by atoms with van der Waals surface area (Å²) >= 11 is 0. The lowest BCUT2D eigenvalue weighted by Gasteiger charge is -2.38. The van der Waals surface area contributed by atoms with Crippen LogP contribution in [0.5, 0.6) is 0 Å². The van der Waals surface area contributed by atoms with E-state index in [9.17, 15) is 4.79 Å². The lowest BCUT2D eigenvalue weighted by Crippen LogP contribution is -2.40. The summed E-state index contributed by atoms with van der Waals surface area (Å²) in [6.07, 6.45) is 3.82. The number of hydrogen-bond donors (Lipinski definition) is 0. The summed E-state index contributed by atoms with van der Waals surface area (Å²) in [4.78, 5) is 21.4. The maximum Gasteiger partial charge on any atom is 0.255 e. The Labute approximate surface area is 138 Å². The molecule has 3 rings (SSSR count). The molecule has 1 atom stereocenters. The molecule has 0 aliphatic carbocycles. The Morgan fingerprint density at radius 2 is 2.13 bits per heavy atom. The summed E-state index contributed by atoms with van der Waals surface area (Å²) in [7, 11) is 4.23. The van der Waals surface area contributed by atoms with Gasteiger partial charge in [0.05, 0.1) is 5.56 Å². The van der Waals surface area contributed by atoms with Gasteiger partial charge in [0, 0.05) is 44.7 Å². The average Bonchev–Trinajstić information content (AvgIpc) is 2.85. The molecule has 2 fully saturated rings. The van der Waals surface area contributed by atoms with Crippen molar-refractivity contribution < 1.29 is 9.53 Å². The molecule has 0 unspecified atom stereocenters. The third-order valence-electron chi connectivity index (χ3n) is 5.33. The minimum absolute atomic E-state index is 0.115. The van der Waals surface area contributed by atoms with E-state index in [1.807, 2.05) is 24.0 Å². The topological polar surface area (TPSA) is 45.7 Å². The highest BCUT2D eigenvalue weighted by atomic mass is 16.5. The Morgan fingerprint density at radius 3 is 2.74 bits per heavy atom. The van der Waals surface area contributed by atoms with Crippen LogP contribution in [0.15, 0.2) is 18.3 Å². The van der Waals surface area contributed by atoms with Crippen LogP contribution in [-0.4, -0.2) is 67.6 Å². The molecule has 1 aromatic rings. The smallest absolute Gasteiger partial charge is 0.255 e. The summed E-state index contributed by atoms with van der Waals surface area (Å²) in [5.74, 6) is 0.633. The first-order valence-electron chi connectivity index (χ1n) is 8.45. The number of rotatable bonds is 3. The first kappa shape index (κ1) is 16.4. The fourth-order valence-corrected chi connectivity index (χ4v) is 4.00. The first-order chi connectivity index (χ1) is 11.0. The number of carbonyl (C=O) groups is 1. The summed E-state index contributed by atoms with van der Waals surface area (Å²) in [5.41, 5.74) is 1.86. The van der Waals surface area contributed by atoms with Crippen molar-refractivity contribution in [3.8, 4) is 0 Å². The number of ether oxygens (including phenoxy) is 1. The molecule has 5 heteroatoms. The van der Waals surface area contributed by atoms with Crippen LogP contribution >= 0.6 is 0 Å². The van der Waals surface area contributed by atoms with Gasteiger partial charge in [0.2, 0.25) is 0 Å². The molecule has 0 aromatic carbocycles. The number of pyridine rings is 1. The van der Waals surface area contributed by atoms with Crippen LogP contribution < -0.4 is 0 Å². The van der Waals surface area contributed by atoms with Gasteiger partial charge in [-0.15, -0.1) is 0 Å². The van der Waals surface area contributed by atoms with Crippen LogP contribution in [0, 0.1) is 18.3 Å². The van der Waals surface area contributed by atoms with Crippen molar-refractivity contribution in [2.75, 3.05) is 46.9 Å². The zero-order valence-corrected chi connectivity index (χ0v) is 14.4. The molecule has 2 aliphatic rings. The van der Waals surface area contributed by atoms with E-state index in [1.165, 1.54) is 0 Å². The quantitative estimate of drug-likeness (QED) is 0.853. The van der Waals surface area contributed by atoms with Gasteiger partial charge in [-0.2, -0.15) is 0 Å². The Morgan fingerprint density at radius 1 is 1.39 bits per heavy atom. The molecule has 0 saturated carbocycles. The van der Waals surface area contributed by atoms with E-state index >= 15 is 0 Å². The van der Waals surface area contributed by atoms with Crippen molar-refractivity contribution in [2.24, 2.45) is 11.3 Å². The fraction of sp³-hybridized carbons (Fsp3) is 0.667. The SMILES string of the molecule is Cc1ccc(C(=O)N2C[C@@H](CN(C)C)C3(CCOCC3)C2)cn1. The highest BCUT2D eigenvalue weighted by molar-refractivity contribution is 5.94. The maximum absolute atomic E-state index is 12.9. The van der Waals surface area contributed by atoms with Crippen LogP contribution in [0.1, 0.15) is 28.9 Å². The van der Waals surface area contributed by atoms with Gasteiger partial charge < -0.3 is 14.5 Å². The molecule has 23 heavy (non-hydrogen) atoms. The monoisotopic (exact) mass is 317 g/mol. The van der Waals surface area contributed by atoms with E-state index in [2.05, 4.69) is 24.0 Å². The van der Waals surface area contributed by atoms with Gasteiger partial charge in [-0.05, 0) is 57.3 Å². The van der Waals surface area contributed by atoms with E-state index in [4.69, 9.17) is 4.74 Å². The third-order valence-corrected chi connectivity index (χ3v) is 5.33. The standard InChI is InChI=1S/C18H27N3O2/c1-14-4-5-15(10-19-14)17(22)21-12-16(11-20(2)3)18(13-21)6-8-23-9-7-18/h4-5,10,16H,6-9,11-13H2,1-3H3/t16-/m1/s1. The van der Waals surface area contributed by atoms with E-state index in [-0.39, 0.29) is 11.3 Å². The molecule has 1 amide bonds. The van der Waals surface area contributed by atoms with Crippen molar-refractivity contribution in [3.63, 3.8) is 0 Å². The van der Waals surface area contributed by atoms with Crippen LogP contribution in [-0.2, 0) is 4.74 Å². The number of hydrogen-bond acceptors (Lipinski definition) is 4. The molecular weight excluding hydrogens is 290 g/mol. The molecule has 0 N–H and O–H groups in total. The van der Waals surface area contributed by atoms with Crippen molar-refractivity contribution in [1.82, 2.24) is 14.8 Å². The molecule has 3 heterocycles. The largest absolute Gasteiger partial charge is 0.381 e. The number of nitrogens with zero attached hydrogens (tertiary/aromatic N) is 3. The Balaban J connectivity index is 1.78. The molecule has 0 bridgehead atoms. The molecule has 2 aliphatic heterocycles. The minimum atomic E-state index is 0.115. The van der Waals surface area contributed by atoms with Crippen molar-refractivity contribution in [3.05, 3.63) is 29.6 Å². The zero-order chi connectivity index (χ0) is 16.4. The van der Waals surface area contributed by atoms with Gasteiger partial charge >= 0.3 is 0 Å². The van der Waals surface area contributed by atoms with E-state index in [0.717, 1.165) is 51.4 Å². The summed E-state index contributed by atoms with van der Waals surface area (Å²) < 4.78 is 5.58. The summed E-state index contributed by atoms with van der Waals surface area (Å²) in [5, 5.41) is 0. The molecule has 5 nitrogen and oxygen atoms in total. The van der Waals surface area contributed by atoms with Gasteiger partial charge in [-0.3, -0.25) is 9.78 Å². The average molecular weight is 317 g/mol. The van der Waals surface area contributed by atoms with E-state index in [0.29, 0.717) is 11.5 Å². The first-order valence-corrected chi connectivity index (χ1v) is 8.45. The highest BCUT2D eigenvalue weighted by Crippen LogP contribution is 2.44. The lowest BCUT2D eigenvalue weighted by molar-refractivity contribution is -0.00451. The van der Waals surface area contributed by atoms with E-state index in [1.54, 1.807) is 6.20 Å².